The average Bonchev–Trinajstić information content (AvgIpc) is 2.85. The predicted octanol–water partition coefficient (Wildman–Crippen LogP) is 4.15. The molecule has 0 spiro atoms. The SMILES string of the molecule is CC(C)(C)c1ccc(CNc2ccccc2CO)s1. The van der Waals surface area contributed by atoms with Crippen molar-refractivity contribution in [2.45, 2.75) is 39.3 Å². The fourth-order valence-corrected chi connectivity index (χ4v) is 2.89. The van der Waals surface area contributed by atoms with Gasteiger partial charge in [0, 0.05) is 27.5 Å². The third kappa shape index (κ3) is 3.58. The van der Waals surface area contributed by atoms with Crippen LogP contribution in [0.3, 0.4) is 0 Å². The Kier molecular flexibility index (Phi) is 4.27. The minimum atomic E-state index is 0.0703. The molecule has 0 saturated heterocycles. The second-order valence-corrected chi connectivity index (χ2v) is 6.85. The molecule has 2 rings (SSSR count). The van der Waals surface area contributed by atoms with Crippen LogP contribution in [0.5, 0.6) is 0 Å². The summed E-state index contributed by atoms with van der Waals surface area (Å²) in [6.07, 6.45) is 0. The Morgan fingerprint density at radius 2 is 1.84 bits per heavy atom. The van der Waals surface area contributed by atoms with Crippen molar-refractivity contribution in [1.82, 2.24) is 0 Å². The maximum absolute atomic E-state index is 9.29. The van der Waals surface area contributed by atoms with Crippen LogP contribution in [0.15, 0.2) is 36.4 Å². The van der Waals surface area contributed by atoms with Crippen LogP contribution >= 0.6 is 11.3 Å². The molecule has 0 radical (unpaired) electrons. The molecule has 2 nitrogen and oxygen atoms in total. The molecule has 2 N–H and O–H groups in total. The lowest BCUT2D eigenvalue weighted by atomic mass is 9.95. The Balaban J connectivity index is 2.05. The fraction of sp³-hybridized carbons (Fsp3) is 0.375. The zero-order valence-electron chi connectivity index (χ0n) is 11.7. The second-order valence-electron chi connectivity index (χ2n) is 5.68. The monoisotopic (exact) mass is 275 g/mol. The maximum Gasteiger partial charge on any atom is 0.0701 e. The quantitative estimate of drug-likeness (QED) is 0.878. The van der Waals surface area contributed by atoms with Crippen molar-refractivity contribution in [2.75, 3.05) is 5.32 Å². The number of aliphatic hydroxyl groups is 1. The van der Waals surface area contributed by atoms with Gasteiger partial charge in [-0.25, -0.2) is 0 Å². The van der Waals surface area contributed by atoms with E-state index < -0.39 is 0 Å². The van der Waals surface area contributed by atoms with Crippen molar-refractivity contribution in [3.63, 3.8) is 0 Å². The highest BCUT2D eigenvalue weighted by Crippen LogP contribution is 2.30. The lowest BCUT2D eigenvalue weighted by Crippen LogP contribution is -2.07. The van der Waals surface area contributed by atoms with E-state index in [4.69, 9.17) is 0 Å². The van der Waals surface area contributed by atoms with E-state index in [-0.39, 0.29) is 12.0 Å². The Labute approximate surface area is 119 Å². The van der Waals surface area contributed by atoms with E-state index in [9.17, 15) is 5.11 Å². The van der Waals surface area contributed by atoms with Gasteiger partial charge in [-0.3, -0.25) is 0 Å². The smallest absolute Gasteiger partial charge is 0.0701 e. The second kappa shape index (κ2) is 5.76. The van der Waals surface area contributed by atoms with Crippen molar-refractivity contribution in [3.8, 4) is 0 Å². The highest BCUT2D eigenvalue weighted by atomic mass is 32.1. The van der Waals surface area contributed by atoms with Crippen LogP contribution in [0.4, 0.5) is 5.69 Å². The fourth-order valence-electron chi connectivity index (χ4n) is 1.89. The largest absolute Gasteiger partial charge is 0.392 e. The van der Waals surface area contributed by atoms with E-state index in [0.717, 1.165) is 17.8 Å². The van der Waals surface area contributed by atoms with Crippen LogP contribution in [-0.4, -0.2) is 5.11 Å². The summed E-state index contributed by atoms with van der Waals surface area (Å²) in [6, 6.07) is 12.3. The van der Waals surface area contributed by atoms with Crippen LogP contribution in [-0.2, 0) is 18.6 Å². The van der Waals surface area contributed by atoms with Crippen molar-refractivity contribution >= 4 is 17.0 Å². The summed E-state index contributed by atoms with van der Waals surface area (Å²) in [7, 11) is 0. The molecule has 0 fully saturated rings. The molecular formula is C16H21NOS. The number of benzene rings is 1. The maximum atomic E-state index is 9.29. The molecule has 0 saturated carbocycles. The molecule has 19 heavy (non-hydrogen) atoms. The molecule has 1 heterocycles. The first kappa shape index (κ1) is 14.1. The van der Waals surface area contributed by atoms with E-state index >= 15 is 0 Å². The van der Waals surface area contributed by atoms with Crippen molar-refractivity contribution in [1.29, 1.82) is 0 Å². The molecule has 1 aromatic carbocycles. The summed E-state index contributed by atoms with van der Waals surface area (Å²) in [5.74, 6) is 0. The molecule has 2 aromatic rings. The van der Waals surface area contributed by atoms with Gasteiger partial charge in [-0.15, -0.1) is 11.3 Å². The molecule has 0 atom stereocenters. The molecule has 102 valence electrons. The van der Waals surface area contributed by atoms with Gasteiger partial charge in [-0.05, 0) is 23.6 Å². The number of hydrogen-bond acceptors (Lipinski definition) is 3. The number of nitrogens with one attached hydrogen (secondary N) is 1. The van der Waals surface area contributed by atoms with Gasteiger partial charge >= 0.3 is 0 Å². The Morgan fingerprint density at radius 3 is 2.47 bits per heavy atom. The number of hydrogen-bond donors (Lipinski definition) is 2. The Hall–Kier alpha value is -1.32. The van der Waals surface area contributed by atoms with Gasteiger partial charge in [-0.2, -0.15) is 0 Å². The standard InChI is InChI=1S/C16H21NOS/c1-16(2,3)15-9-8-13(19-15)10-17-14-7-5-4-6-12(14)11-18/h4-9,17-18H,10-11H2,1-3H3. The predicted molar refractivity (Wildman–Crippen MR) is 82.7 cm³/mol. The number of para-hydroxylation sites is 1. The lowest BCUT2D eigenvalue weighted by Gasteiger charge is -2.15. The molecule has 0 bridgehead atoms. The lowest BCUT2D eigenvalue weighted by molar-refractivity contribution is 0.282. The first-order valence-electron chi connectivity index (χ1n) is 6.52. The summed E-state index contributed by atoms with van der Waals surface area (Å²) >= 11 is 1.85. The topological polar surface area (TPSA) is 32.3 Å². The highest BCUT2D eigenvalue weighted by molar-refractivity contribution is 7.12. The summed E-state index contributed by atoms with van der Waals surface area (Å²) < 4.78 is 0. The van der Waals surface area contributed by atoms with Gasteiger partial charge < -0.3 is 10.4 Å². The number of thiophene rings is 1. The summed E-state index contributed by atoms with van der Waals surface area (Å²) in [6.45, 7) is 7.57. The van der Waals surface area contributed by atoms with Gasteiger partial charge in [0.1, 0.15) is 0 Å². The van der Waals surface area contributed by atoms with Crippen LogP contribution in [0.2, 0.25) is 0 Å². The van der Waals surface area contributed by atoms with E-state index in [1.54, 1.807) is 0 Å². The van der Waals surface area contributed by atoms with Crippen molar-refractivity contribution in [2.24, 2.45) is 0 Å². The van der Waals surface area contributed by atoms with Gasteiger partial charge in [0.2, 0.25) is 0 Å². The molecular weight excluding hydrogens is 254 g/mol. The third-order valence-electron chi connectivity index (χ3n) is 3.04. The summed E-state index contributed by atoms with van der Waals surface area (Å²) in [5.41, 5.74) is 2.16. The molecule has 0 aliphatic rings. The first-order valence-corrected chi connectivity index (χ1v) is 7.34. The van der Waals surface area contributed by atoms with Gasteiger partial charge in [0.05, 0.1) is 6.61 Å². The molecule has 3 heteroatoms. The van der Waals surface area contributed by atoms with Crippen LogP contribution < -0.4 is 5.32 Å². The Morgan fingerprint density at radius 1 is 1.11 bits per heavy atom. The molecule has 0 aliphatic heterocycles. The molecule has 0 unspecified atom stereocenters. The van der Waals surface area contributed by atoms with Gasteiger partial charge in [0.25, 0.3) is 0 Å². The molecule has 1 aromatic heterocycles. The zero-order chi connectivity index (χ0) is 13.9. The van der Waals surface area contributed by atoms with E-state index in [1.807, 2.05) is 35.6 Å². The molecule has 0 aliphatic carbocycles. The average molecular weight is 275 g/mol. The Bertz CT molecular complexity index is 540. The third-order valence-corrected chi connectivity index (χ3v) is 4.55. The number of aliphatic hydroxyl groups excluding tert-OH is 1. The molecule has 0 amide bonds. The van der Waals surface area contributed by atoms with Crippen molar-refractivity contribution < 1.29 is 5.11 Å². The van der Waals surface area contributed by atoms with Crippen molar-refractivity contribution in [3.05, 3.63) is 51.7 Å². The summed E-state index contributed by atoms with van der Waals surface area (Å²) in [5, 5.41) is 12.7. The number of rotatable bonds is 4. The highest BCUT2D eigenvalue weighted by Gasteiger charge is 2.15. The van der Waals surface area contributed by atoms with E-state index in [0.29, 0.717) is 0 Å². The minimum absolute atomic E-state index is 0.0703. The van der Waals surface area contributed by atoms with Crippen LogP contribution in [0.25, 0.3) is 0 Å². The number of anilines is 1. The minimum Gasteiger partial charge on any atom is -0.392 e. The van der Waals surface area contributed by atoms with Gasteiger partial charge in [0.15, 0.2) is 0 Å². The van der Waals surface area contributed by atoms with E-state index in [1.165, 1.54) is 9.75 Å². The zero-order valence-corrected chi connectivity index (χ0v) is 12.6. The van der Waals surface area contributed by atoms with Gasteiger partial charge in [-0.1, -0.05) is 39.0 Å². The summed E-state index contributed by atoms with van der Waals surface area (Å²) in [4.78, 5) is 2.72. The normalized spacial score (nSPS) is 11.6. The van der Waals surface area contributed by atoms with Crippen LogP contribution in [0.1, 0.15) is 36.1 Å². The van der Waals surface area contributed by atoms with Crippen LogP contribution in [0, 0.1) is 0 Å². The first-order chi connectivity index (χ1) is 9.00. The van der Waals surface area contributed by atoms with E-state index in [2.05, 4.69) is 38.2 Å².